The van der Waals surface area contributed by atoms with Gasteiger partial charge in [-0.25, -0.2) is 4.79 Å². The lowest BCUT2D eigenvalue weighted by Gasteiger charge is -2.14. The molecule has 2 aliphatic heterocycles. The van der Waals surface area contributed by atoms with Gasteiger partial charge in [-0.05, 0) is 12.8 Å². The molecule has 0 aliphatic carbocycles. The van der Waals surface area contributed by atoms with Crippen LogP contribution in [0.25, 0.3) is 0 Å². The van der Waals surface area contributed by atoms with E-state index in [-0.39, 0.29) is 0 Å². The van der Waals surface area contributed by atoms with Crippen LogP contribution >= 0.6 is 0 Å². The fourth-order valence-corrected chi connectivity index (χ4v) is 1.52. The number of rotatable bonds is 2. The molecule has 0 N–H and O–H groups in total. The van der Waals surface area contributed by atoms with Crippen LogP contribution in [0.3, 0.4) is 0 Å². The van der Waals surface area contributed by atoms with Crippen LogP contribution in [0.5, 0.6) is 0 Å². The molecular formula is C9H14O5. The number of carbonyl (C=O) groups excluding carboxylic acids is 1. The first kappa shape index (κ1) is 9.73. The number of hydrogen-bond donors (Lipinski definition) is 0. The van der Waals surface area contributed by atoms with E-state index in [2.05, 4.69) is 0 Å². The summed E-state index contributed by atoms with van der Waals surface area (Å²) in [5.41, 5.74) is 0. The van der Waals surface area contributed by atoms with E-state index in [9.17, 15) is 4.79 Å². The average molecular weight is 202 g/mol. The SMILES string of the molecule is O=C(OC1CCCO1)OC1CCCO1. The van der Waals surface area contributed by atoms with E-state index in [4.69, 9.17) is 18.9 Å². The van der Waals surface area contributed by atoms with Gasteiger partial charge in [0.15, 0.2) is 0 Å². The van der Waals surface area contributed by atoms with Crippen molar-refractivity contribution in [3.63, 3.8) is 0 Å². The number of ether oxygens (including phenoxy) is 4. The van der Waals surface area contributed by atoms with Gasteiger partial charge in [0.05, 0.1) is 13.2 Å². The zero-order chi connectivity index (χ0) is 9.80. The Morgan fingerprint density at radius 3 is 1.86 bits per heavy atom. The Balaban J connectivity index is 1.66. The van der Waals surface area contributed by atoms with E-state index in [0.717, 1.165) is 25.7 Å². The fraction of sp³-hybridized carbons (Fsp3) is 0.889. The molecule has 2 heterocycles. The summed E-state index contributed by atoms with van der Waals surface area (Å²) < 4.78 is 20.1. The standard InChI is InChI=1S/C9H14O5/c10-9(13-7-3-1-5-11-7)14-8-4-2-6-12-8/h7-8H,1-6H2. The van der Waals surface area contributed by atoms with Gasteiger partial charge in [-0.15, -0.1) is 0 Å². The molecule has 2 fully saturated rings. The van der Waals surface area contributed by atoms with Crippen molar-refractivity contribution in [3.05, 3.63) is 0 Å². The minimum Gasteiger partial charge on any atom is -0.404 e. The molecule has 0 bridgehead atoms. The highest BCUT2D eigenvalue weighted by molar-refractivity contribution is 5.60. The van der Waals surface area contributed by atoms with Crippen LogP contribution in [0.1, 0.15) is 25.7 Å². The average Bonchev–Trinajstić information content (AvgIpc) is 2.76. The Kier molecular flexibility index (Phi) is 3.21. The maximum absolute atomic E-state index is 11.2. The highest BCUT2D eigenvalue weighted by atomic mass is 16.8. The van der Waals surface area contributed by atoms with E-state index >= 15 is 0 Å². The van der Waals surface area contributed by atoms with Crippen LogP contribution in [0.2, 0.25) is 0 Å². The lowest BCUT2D eigenvalue weighted by molar-refractivity contribution is -0.134. The number of carbonyl (C=O) groups is 1. The lowest BCUT2D eigenvalue weighted by Crippen LogP contribution is -2.22. The van der Waals surface area contributed by atoms with Gasteiger partial charge in [-0.3, -0.25) is 0 Å². The molecule has 2 rings (SSSR count). The second-order valence-electron chi connectivity index (χ2n) is 3.37. The smallest absolute Gasteiger partial charge is 0.404 e. The summed E-state index contributed by atoms with van der Waals surface area (Å²) in [7, 11) is 0. The van der Waals surface area contributed by atoms with Crippen LogP contribution in [0.15, 0.2) is 0 Å². The molecule has 0 aromatic rings. The normalized spacial score (nSPS) is 31.7. The van der Waals surface area contributed by atoms with Crippen molar-refractivity contribution >= 4 is 6.16 Å². The van der Waals surface area contributed by atoms with E-state index in [1.165, 1.54) is 0 Å². The third kappa shape index (κ3) is 2.59. The largest absolute Gasteiger partial charge is 0.512 e. The summed E-state index contributed by atoms with van der Waals surface area (Å²) in [6.45, 7) is 1.30. The summed E-state index contributed by atoms with van der Waals surface area (Å²) in [6.07, 6.45) is 1.81. The van der Waals surface area contributed by atoms with Gasteiger partial charge in [0.1, 0.15) is 0 Å². The van der Waals surface area contributed by atoms with Gasteiger partial charge in [0.2, 0.25) is 12.6 Å². The van der Waals surface area contributed by atoms with Gasteiger partial charge in [-0.2, -0.15) is 0 Å². The van der Waals surface area contributed by atoms with Crippen LogP contribution in [-0.4, -0.2) is 31.9 Å². The van der Waals surface area contributed by atoms with E-state index in [1.54, 1.807) is 0 Å². The molecule has 2 atom stereocenters. The quantitative estimate of drug-likeness (QED) is 0.634. The summed E-state index contributed by atoms with van der Waals surface area (Å²) in [6, 6.07) is 0. The Labute approximate surface area is 82.3 Å². The highest BCUT2D eigenvalue weighted by Crippen LogP contribution is 2.17. The second-order valence-corrected chi connectivity index (χ2v) is 3.37. The van der Waals surface area contributed by atoms with E-state index in [1.807, 2.05) is 0 Å². The van der Waals surface area contributed by atoms with Gasteiger partial charge < -0.3 is 18.9 Å². The first-order valence-corrected chi connectivity index (χ1v) is 4.95. The molecule has 0 spiro atoms. The van der Waals surface area contributed by atoms with Gasteiger partial charge >= 0.3 is 6.16 Å². The highest BCUT2D eigenvalue weighted by Gasteiger charge is 2.25. The third-order valence-electron chi connectivity index (χ3n) is 2.23. The van der Waals surface area contributed by atoms with E-state index in [0.29, 0.717) is 13.2 Å². The molecule has 14 heavy (non-hydrogen) atoms. The molecule has 0 aromatic carbocycles. The van der Waals surface area contributed by atoms with E-state index < -0.39 is 18.7 Å². The molecule has 0 amide bonds. The van der Waals surface area contributed by atoms with Crippen molar-refractivity contribution in [3.8, 4) is 0 Å². The molecule has 0 radical (unpaired) electrons. The molecule has 5 heteroatoms. The molecule has 0 aromatic heterocycles. The molecule has 2 unspecified atom stereocenters. The fourth-order valence-electron chi connectivity index (χ4n) is 1.52. The minimum atomic E-state index is -0.691. The van der Waals surface area contributed by atoms with Crippen molar-refractivity contribution < 1.29 is 23.7 Å². The molecule has 80 valence electrons. The molecule has 2 saturated heterocycles. The first-order valence-electron chi connectivity index (χ1n) is 4.95. The predicted molar refractivity (Wildman–Crippen MR) is 45.5 cm³/mol. The zero-order valence-electron chi connectivity index (χ0n) is 7.94. The van der Waals surface area contributed by atoms with Gasteiger partial charge in [0.25, 0.3) is 0 Å². The summed E-state index contributed by atoms with van der Waals surface area (Å²) >= 11 is 0. The van der Waals surface area contributed by atoms with Crippen molar-refractivity contribution in [1.29, 1.82) is 0 Å². The van der Waals surface area contributed by atoms with Gasteiger partial charge in [0, 0.05) is 12.8 Å². The van der Waals surface area contributed by atoms with Crippen LogP contribution < -0.4 is 0 Å². The molecule has 2 aliphatic rings. The van der Waals surface area contributed by atoms with Crippen LogP contribution in [0.4, 0.5) is 4.79 Å². The summed E-state index contributed by atoms with van der Waals surface area (Å²) in [5, 5.41) is 0. The molecule has 0 saturated carbocycles. The molecular weight excluding hydrogens is 188 g/mol. The first-order chi connectivity index (χ1) is 6.84. The van der Waals surface area contributed by atoms with Crippen molar-refractivity contribution in [2.24, 2.45) is 0 Å². The topological polar surface area (TPSA) is 54.0 Å². The minimum absolute atomic E-state index is 0.427. The van der Waals surface area contributed by atoms with Crippen molar-refractivity contribution in [1.82, 2.24) is 0 Å². The summed E-state index contributed by atoms with van der Waals surface area (Å²) in [4.78, 5) is 11.2. The van der Waals surface area contributed by atoms with Gasteiger partial charge in [-0.1, -0.05) is 0 Å². The zero-order valence-corrected chi connectivity index (χ0v) is 7.94. The maximum atomic E-state index is 11.2. The molecule has 5 nitrogen and oxygen atoms in total. The second kappa shape index (κ2) is 4.61. The van der Waals surface area contributed by atoms with Crippen LogP contribution in [0, 0.1) is 0 Å². The summed E-state index contributed by atoms with van der Waals surface area (Å²) in [5.74, 6) is 0. The van der Waals surface area contributed by atoms with Crippen molar-refractivity contribution in [2.45, 2.75) is 38.3 Å². The maximum Gasteiger partial charge on any atom is 0.512 e. The lowest BCUT2D eigenvalue weighted by atomic mass is 10.4. The monoisotopic (exact) mass is 202 g/mol. The van der Waals surface area contributed by atoms with Crippen molar-refractivity contribution in [2.75, 3.05) is 13.2 Å². The Morgan fingerprint density at radius 1 is 1.00 bits per heavy atom. The number of hydrogen-bond acceptors (Lipinski definition) is 5. The van der Waals surface area contributed by atoms with Crippen LogP contribution in [-0.2, 0) is 18.9 Å². The Morgan fingerprint density at radius 2 is 1.50 bits per heavy atom. The Hall–Kier alpha value is -0.810. The Bertz CT molecular complexity index is 173. The third-order valence-corrected chi connectivity index (χ3v) is 2.23. The predicted octanol–water partition coefficient (Wildman–Crippen LogP) is 1.41.